The lowest BCUT2D eigenvalue weighted by atomic mass is 10.1. The number of nitrogens with zero attached hydrogens (tertiary/aromatic N) is 2. The molecule has 4 nitrogen and oxygen atoms in total. The topological polar surface area (TPSA) is 37.3 Å². The number of amides is 1. The summed E-state index contributed by atoms with van der Waals surface area (Å²) in [6.45, 7) is 3.16. The second-order valence-electron chi connectivity index (χ2n) is 5.81. The Morgan fingerprint density at radius 2 is 2.00 bits per heavy atom. The molecule has 0 saturated carbocycles. The van der Waals surface area contributed by atoms with Gasteiger partial charge in [-0.1, -0.05) is 6.07 Å². The van der Waals surface area contributed by atoms with Crippen molar-refractivity contribution in [3.63, 3.8) is 0 Å². The van der Waals surface area contributed by atoms with Crippen LogP contribution in [0.1, 0.15) is 24.8 Å². The molecule has 2 heterocycles. The summed E-state index contributed by atoms with van der Waals surface area (Å²) >= 11 is 0. The van der Waals surface area contributed by atoms with Crippen molar-refractivity contribution < 1.29 is 4.79 Å². The van der Waals surface area contributed by atoms with Crippen LogP contribution >= 0.6 is 0 Å². The zero-order valence-electron chi connectivity index (χ0n) is 12.6. The molecular formula is C17H23N3O. The first-order valence-corrected chi connectivity index (χ1v) is 7.78. The van der Waals surface area contributed by atoms with Crippen LogP contribution < -0.4 is 5.32 Å². The number of piperidine rings is 1. The minimum atomic E-state index is 0.242. The Balaban J connectivity index is 1.76. The lowest BCUT2D eigenvalue weighted by molar-refractivity contribution is -0.132. The summed E-state index contributed by atoms with van der Waals surface area (Å²) in [7, 11) is 1.95. The van der Waals surface area contributed by atoms with Crippen LogP contribution in [0.2, 0.25) is 0 Å². The number of likely N-dealkylation sites (tertiary alicyclic amines) is 1. The van der Waals surface area contributed by atoms with Crippen LogP contribution in [-0.2, 0) is 17.9 Å². The van der Waals surface area contributed by atoms with Gasteiger partial charge in [-0.05, 0) is 55.5 Å². The molecule has 0 aliphatic carbocycles. The molecule has 1 aliphatic rings. The van der Waals surface area contributed by atoms with Gasteiger partial charge in [-0.3, -0.25) is 4.79 Å². The molecule has 1 aromatic heterocycles. The SMILES string of the molecule is CNCc1ccc2c(ccn2CC(=O)N2CCCCC2)c1. The summed E-state index contributed by atoms with van der Waals surface area (Å²) in [5.74, 6) is 0.242. The van der Waals surface area contributed by atoms with Crippen molar-refractivity contribution in [1.29, 1.82) is 0 Å². The van der Waals surface area contributed by atoms with E-state index in [1.165, 1.54) is 17.4 Å². The lowest BCUT2D eigenvalue weighted by Gasteiger charge is -2.27. The van der Waals surface area contributed by atoms with Gasteiger partial charge in [-0.2, -0.15) is 0 Å². The maximum Gasteiger partial charge on any atom is 0.242 e. The van der Waals surface area contributed by atoms with Crippen LogP contribution in [0.15, 0.2) is 30.5 Å². The number of hydrogen-bond acceptors (Lipinski definition) is 2. The van der Waals surface area contributed by atoms with Crippen LogP contribution in [0.5, 0.6) is 0 Å². The fourth-order valence-electron chi connectivity index (χ4n) is 3.09. The van der Waals surface area contributed by atoms with Gasteiger partial charge in [0, 0.05) is 31.3 Å². The van der Waals surface area contributed by atoms with E-state index >= 15 is 0 Å². The highest BCUT2D eigenvalue weighted by molar-refractivity contribution is 5.84. The highest BCUT2D eigenvalue weighted by Crippen LogP contribution is 2.18. The Morgan fingerprint density at radius 1 is 1.19 bits per heavy atom. The van der Waals surface area contributed by atoms with Crippen LogP contribution in [-0.4, -0.2) is 35.5 Å². The van der Waals surface area contributed by atoms with Crippen molar-refractivity contribution in [2.24, 2.45) is 0 Å². The molecule has 1 N–H and O–H groups in total. The summed E-state index contributed by atoms with van der Waals surface area (Å²) in [4.78, 5) is 14.4. The zero-order chi connectivity index (χ0) is 14.7. The molecular weight excluding hydrogens is 262 g/mol. The van der Waals surface area contributed by atoms with Gasteiger partial charge >= 0.3 is 0 Å². The molecule has 1 fully saturated rings. The summed E-state index contributed by atoms with van der Waals surface area (Å²) in [5, 5.41) is 4.37. The molecule has 0 radical (unpaired) electrons. The third-order valence-corrected chi connectivity index (χ3v) is 4.23. The second-order valence-corrected chi connectivity index (χ2v) is 5.81. The molecule has 3 rings (SSSR count). The normalized spacial score (nSPS) is 15.6. The summed E-state index contributed by atoms with van der Waals surface area (Å²) < 4.78 is 2.06. The van der Waals surface area contributed by atoms with E-state index in [-0.39, 0.29) is 5.91 Å². The van der Waals surface area contributed by atoms with E-state index in [0.29, 0.717) is 6.54 Å². The molecule has 0 atom stereocenters. The summed E-state index contributed by atoms with van der Waals surface area (Å²) in [5.41, 5.74) is 2.41. The van der Waals surface area contributed by atoms with Gasteiger partial charge in [0.25, 0.3) is 0 Å². The third kappa shape index (κ3) is 3.10. The van der Waals surface area contributed by atoms with E-state index in [1.54, 1.807) is 0 Å². The molecule has 0 bridgehead atoms. The van der Waals surface area contributed by atoms with Crippen molar-refractivity contribution in [2.45, 2.75) is 32.4 Å². The van der Waals surface area contributed by atoms with Crippen molar-refractivity contribution >= 4 is 16.8 Å². The molecule has 1 aromatic carbocycles. The number of nitrogens with one attached hydrogen (secondary N) is 1. The molecule has 112 valence electrons. The average Bonchev–Trinajstić information content (AvgIpc) is 2.91. The first-order valence-electron chi connectivity index (χ1n) is 7.78. The third-order valence-electron chi connectivity index (χ3n) is 4.23. The van der Waals surface area contributed by atoms with Crippen LogP contribution in [0.4, 0.5) is 0 Å². The number of benzene rings is 1. The van der Waals surface area contributed by atoms with Gasteiger partial charge in [0.05, 0.1) is 0 Å². The van der Waals surface area contributed by atoms with E-state index in [9.17, 15) is 4.79 Å². The van der Waals surface area contributed by atoms with Gasteiger partial charge in [0.15, 0.2) is 0 Å². The zero-order valence-corrected chi connectivity index (χ0v) is 12.6. The fourth-order valence-corrected chi connectivity index (χ4v) is 3.09. The van der Waals surface area contributed by atoms with Gasteiger partial charge in [-0.15, -0.1) is 0 Å². The van der Waals surface area contributed by atoms with E-state index < -0.39 is 0 Å². The minimum absolute atomic E-state index is 0.242. The minimum Gasteiger partial charge on any atom is -0.341 e. The Morgan fingerprint density at radius 3 is 2.76 bits per heavy atom. The Labute approximate surface area is 125 Å². The second kappa shape index (κ2) is 6.31. The molecule has 1 aliphatic heterocycles. The van der Waals surface area contributed by atoms with Crippen molar-refractivity contribution in [3.8, 4) is 0 Å². The predicted octanol–water partition coefficient (Wildman–Crippen LogP) is 2.37. The van der Waals surface area contributed by atoms with Crippen molar-refractivity contribution in [2.75, 3.05) is 20.1 Å². The molecule has 21 heavy (non-hydrogen) atoms. The first kappa shape index (κ1) is 14.1. The summed E-state index contributed by atoms with van der Waals surface area (Å²) in [6, 6.07) is 8.53. The quantitative estimate of drug-likeness (QED) is 0.936. The predicted molar refractivity (Wildman–Crippen MR) is 85.1 cm³/mol. The highest BCUT2D eigenvalue weighted by Gasteiger charge is 2.17. The summed E-state index contributed by atoms with van der Waals surface area (Å²) in [6.07, 6.45) is 5.57. The van der Waals surface area contributed by atoms with Gasteiger partial charge < -0.3 is 14.8 Å². The maximum atomic E-state index is 12.4. The van der Waals surface area contributed by atoms with Gasteiger partial charge in [0.2, 0.25) is 5.91 Å². The number of fused-ring (bicyclic) bond motifs is 1. The van der Waals surface area contributed by atoms with E-state index in [4.69, 9.17) is 0 Å². The number of hydrogen-bond donors (Lipinski definition) is 1. The van der Waals surface area contributed by atoms with E-state index in [1.807, 2.05) is 18.1 Å². The van der Waals surface area contributed by atoms with E-state index in [0.717, 1.165) is 38.0 Å². The Hall–Kier alpha value is -1.81. The van der Waals surface area contributed by atoms with Crippen LogP contribution in [0, 0.1) is 0 Å². The Bertz CT molecular complexity index is 626. The smallest absolute Gasteiger partial charge is 0.242 e. The Kier molecular flexibility index (Phi) is 4.25. The monoisotopic (exact) mass is 285 g/mol. The molecule has 1 amide bonds. The molecule has 0 unspecified atom stereocenters. The van der Waals surface area contributed by atoms with Gasteiger partial charge in [0.1, 0.15) is 6.54 Å². The number of carbonyl (C=O) groups is 1. The van der Waals surface area contributed by atoms with E-state index in [2.05, 4.69) is 34.1 Å². The largest absolute Gasteiger partial charge is 0.341 e. The maximum absolute atomic E-state index is 12.4. The molecule has 4 heteroatoms. The molecule has 2 aromatic rings. The number of carbonyl (C=O) groups excluding carboxylic acids is 1. The van der Waals surface area contributed by atoms with Gasteiger partial charge in [-0.25, -0.2) is 0 Å². The van der Waals surface area contributed by atoms with Crippen molar-refractivity contribution in [1.82, 2.24) is 14.8 Å². The average molecular weight is 285 g/mol. The fraction of sp³-hybridized carbons (Fsp3) is 0.471. The van der Waals surface area contributed by atoms with Crippen LogP contribution in [0.3, 0.4) is 0 Å². The lowest BCUT2D eigenvalue weighted by Crippen LogP contribution is -2.37. The first-order chi connectivity index (χ1) is 10.3. The van der Waals surface area contributed by atoms with Crippen LogP contribution in [0.25, 0.3) is 10.9 Å². The van der Waals surface area contributed by atoms with Crippen molar-refractivity contribution in [3.05, 3.63) is 36.0 Å². The highest BCUT2D eigenvalue weighted by atomic mass is 16.2. The standard InChI is InChI=1S/C17H23N3O/c1-18-12-14-5-6-16-15(11-14)7-10-20(16)13-17(21)19-8-3-2-4-9-19/h5-7,10-11,18H,2-4,8-9,12-13H2,1H3. The molecule has 0 spiro atoms. The number of aromatic nitrogens is 1. The molecule has 1 saturated heterocycles. The number of rotatable bonds is 4.